The van der Waals surface area contributed by atoms with Crippen molar-refractivity contribution in [2.75, 3.05) is 6.61 Å². The smallest absolute Gasteiger partial charge is 0.191 e. The standard InChI is InChI=1S/C15H30O3Si/c1-7-13(16)14-9-8-12(18-14)10-11-17-19(5,6)15(2,3)4/h7,12-14,16H,1,8-11H2,2-6H3/t12-,13-,14-/m1/s1. The van der Waals surface area contributed by atoms with Gasteiger partial charge in [-0.05, 0) is 37.4 Å². The summed E-state index contributed by atoms with van der Waals surface area (Å²) >= 11 is 0. The molecule has 0 aromatic rings. The van der Waals surface area contributed by atoms with E-state index < -0.39 is 14.4 Å². The Kier molecular flexibility index (Phi) is 5.80. The summed E-state index contributed by atoms with van der Waals surface area (Å²) in [6.07, 6.45) is 4.02. The number of aliphatic hydroxyl groups is 1. The lowest BCUT2D eigenvalue weighted by Crippen LogP contribution is -2.41. The molecule has 0 aromatic carbocycles. The molecule has 0 spiro atoms. The number of aliphatic hydroxyl groups excluding tert-OH is 1. The number of ether oxygens (including phenoxy) is 1. The minimum absolute atomic E-state index is 0.0737. The molecule has 0 amide bonds. The van der Waals surface area contributed by atoms with Crippen molar-refractivity contribution in [3.63, 3.8) is 0 Å². The maximum atomic E-state index is 9.67. The maximum absolute atomic E-state index is 9.67. The number of hydrogen-bond donors (Lipinski definition) is 1. The minimum atomic E-state index is -1.64. The normalized spacial score (nSPS) is 26.4. The van der Waals surface area contributed by atoms with Crippen LogP contribution < -0.4 is 0 Å². The molecule has 112 valence electrons. The zero-order chi connectivity index (χ0) is 14.7. The monoisotopic (exact) mass is 286 g/mol. The van der Waals surface area contributed by atoms with E-state index in [4.69, 9.17) is 9.16 Å². The topological polar surface area (TPSA) is 38.7 Å². The predicted molar refractivity (Wildman–Crippen MR) is 81.9 cm³/mol. The van der Waals surface area contributed by atoms with Crippen LogP contribution >= 0.6 is 0 Å². The van der Waals surface area contributed by atoms with E-state index in [-0.39, 0.29) is 17.2 Å². The Morgan fingerprint density at radius 2 is 2.05 bits per heavy atom. The average molecular weight is 286 g/mol. The van der Waals surface area contributed by atoms with Crippen LogP contribution in [-0.2, 0) is 9.16 Å². The third-order valence-corrected chi connectivity index (χ3v) is 9.01. The van der Waals surface area contributed by atoms with Crippen LogP contribution in [0.1, 0.15) is 40.0 Å². The quantitative estimate of drug-likeness (QED) is 0.600. The highest BCUT2D eigenvalue weighted by Gasteiger charge is 2.37. The van der Waals surface area contributed by atoms with Gasteiger partial charge in [0.05, 0.1) is 18.3 Å². The van der Waals surface area contributed by atoms with Gasteiger partial charge in [-0.25, -0.2) is 0 Å². The summed E-state index contributed by atoms with van der Waals surface area (Å²) in [6, 6.07) is 0. The molecule has 0 bridgehead atoms. The molecule has 3 atom stereocenters. The lowest BCUT2D eigenvalue weighted by molar-refractivity contribution is -0.0218. The summed E-state index contributed by atoms with van der Waals surface area (Å²) in [5.41, 5.74) is 0. The highest BCUT2D eigenvalue weighted by Crippen LogP contribution is 2.36. The summed E-state index contributed by atoms with van der Waals surface area (Å²) < 4.78 is 12.0. The zero-order valence-corrected chi connectivity index (χ0v) is 14.1. The van der Waals surface area contributed by atoms with E-state index >= 15 is 0 Å². The Morgan fingerprint density at radius 3 is 2.58 bits per heavy atom. The van der Waals surface area contributed by atoms with Crippen molar-refractivity contribution in [3.05, 3.63) is 12.7 Å². The molecular weight excluding hydrogens is 256 g/mol. The molecule has 1 rings (SSSR count). The van der Waals surface area contributed by atoms with Crippen molar-refractivity contribution in [3.8, 4) is 0 Å². The van der Waals surface area contributed by atoms with Crippen LogP contribution in [0, 0.1) is 0 Å². The van der Waals surface area contributed by atoms with E-state index in [0.717, 1.165) is 25.9 Å². The van der Waals surface area contributed by atoms with Gasteiger partial charge < -0.3 is 14.3 Å². The van der Waals surface area contributed by atoms with Crippen LogP contribution in [-0.4, -0.2) is 38.3 Å². The summed E-state index contributed by atoms with van der Waals surface area (Å²) in [5, 5.41) is 9.92. The molecule has 1 aliphatic heterocycles. The second kappa shape index (κ2) is 6.53. The summed E-state index contributed by atoms with van der Waals surface area (Å²) in [7, 11) is -1.64. The third kappa shape index (κ3) is 4.70. The van der Waals surface area contributed by atoms with Crippen LogP contribution in [0.15, 0.2) is 12.7 Å². The average Bonchev–Trinajstić information content (AvgIpc) is 2.75. The fourth-order valence-corrected chi connectivity index (χ4v) is 3.07. The molecule has 0 aliphatic carbocycles. The van der Waals surface area contributed by atoms with Crippen molar-refractivity contribution in [2.24, 2.45) is 0 Å². The molecule has 0 aromatic heterocycles. The lowest BCUT2D eigenvalue weighted by Gasteiger charge is -2.36. The Hall–Kier alpha value is -0.163. The molecule has 0 radical (unpaired) electrons. The van der Waals surface area contributed by atoms with Crippen molar-refractivity contribution in [2.45, 2.75) is 76.5 Å². The number of rotatable bonds is 6. The van der Waals surface area contributed by atoms with Gasteiger partial charge >= 0.3 is 0 Å². The van der Waals surface area contributed by atoms with Gasteiger partial charge in [0.2, 0.25) is 0 Å². The Bertz CT molecular complexity index is 296. The summed E-state index contributed by atoms with van der Waals surface area (Å²) in [5.74, 6) is 0. The number of hydrogen-bond acceptors (Lipinski definition) is 3. The fourth-order valence-electron chi connectivity index (χ4n) is 2.01. The maximum Gasteiger partial charge on any atom is 0.191 e. The van der Waals surface area contributed by atoms with E-state index in [1.165, 1.54) is 0 Å². The van der Waals surface area contributed by atoms with Crippen LogP contribution in [0.4, 0.5) is 0 Å². The van der Waals surface area contributed by atoms with Crippen LogP contribution in [0.5, 0.6) is 0 Å². The van der Waals surface area contributed by atoms with Gasteiger partial charge in [-0.3, -0.25) is 0 Å². The van der Waals surface area contributed by atoms with Crippen molar-refractivity contribution in [1.82, 2.24) is 0 Å². The summed E-state index contributed by atoms with van der Waals surface area (Å²) in [6.45, 7) is 15.7. The van der Waals surface area contributed by atoms with Gasteiger partial charge in [-0.15, -0.1) is 6.58 Å². The van der Waals surface area contributed by atoms with Crippen molar-refractivity contribution < 1.29 is 14.3 Å². The Morgan fingerprint density at radius 1 is 1.42 bits per heavy atom. The van der Waals surface area contributed by atoms with Gasteiger partial charge in [-0.2, -0.15) is 0 Å². The first kappa shape index (κ1) is 16.9. The molecular formula is C15H30O3Si. The summed E-state index contributed by atoms with van der Waals surface area (Å²) in [4.78, 5) is 0. The Labute approximate surface area is 119 Å². The van der Waals surface area contributed by atoms with E-state index in [9.17, 15) is 5.11 Å². The van der Waals surface area contributed by atoms with Crippen molar-refractivity contribution >= 4 is 8.32 Å². The fraction of sp³-hybridized carbons (Fsp3) is 0.867. The second-order valence-corrected chi connectivity index (χ2v) is 11.8. The van der Waals surface area contributed by atoms with Gasteiger partial charge in [0, 0.05) is 6.61 Å². The highest BCUT2D eigenvalue weighted by molar-refractivity contribution is 6.74. The zero-order valence-electron chi connectivity index (χ0n) is 13.1. The molecule has 0 saturated carbocycles. The second-order valence-electron chi connectivity index (χ2n) is 7.00. The predicted octanol–water partition coefficient (Wildman–Crippen LogP) is 3.49. The van der Waals surface area contributed by atoms with Gasteiger partial charge in [0.15, 0.2) is 8.32 Å². The first-order valence-corrected chi connectivity index (χ1v) is 10.2. The minimum Gasteiger partial charge on any atom is -0.417 e. The van der Waals surface area contributed by atoms with Gasteiger partial charge in [-0.1, -0.05) is 26.8 Å². The first-order valence-electron chi connectivity index (χ1n) is 7.27. The third-order valence-electron chi connectivity index (χ3n) is 4.47. The van der Waals surface area contributed by atoms with Gasteiger partial charge in [0.25, 0.3) is 0 Å². The van der Waals surface area contributed by atoms with Gasteiger partial charge in [0.1, 0.15) is 0 Å². The molecule has 1 fully saturated rings. The van der Waals surface area contributed by atoms with E-state index in [0.29, 0.717) is 0 Å². The molecule has 0 unspecified atom stereocenters. The van der Waals surface area contributed by atoms with Crippen molar-refractivity contribution in [1.29, 1.82) is 0 Å². The van der Waals surface area contributed by atoms with Crippen LogP contribution in [0.2, 0.25) is 18.1 Å². The molecule has 4 heteroatoms. The molecule has 3 nitrogen and oxygen atoms in total. The largest absolute Gasteiger partial charge is 0.417 e. The molecule has 19 heavy (non-hydrogen) atoms. The van der Waals surface area contributed by atoms with E-state index in [1.807, 2.05) is 0 Å². The molecule has 1 N–H and O–H groups in total. The Balaban J connectivity index is 2.30. The SMILES string of the molecule is C=C[C@@H](O)[C@H]1CC[C@H](CCO[Si](C)(C)C(C)(C)C)O1. The molecule has 1 heterocycles. The van der Waals surface area contributed by atoms with Crippen LogP contribution in [0.25, 0.3) is 0 Å². The first-order chi connectivity index (χ1) is 8.67. The highest BCUT2D eigenvalue weighted by atomic mass is 28.4. The van der Waals surface area contributed by atoms with Crippen LogP contribution in [0.3, 0.4) is 0 Å². The molecule has 1 saturated heterocycles. The molecule has 1 aliphatic rings. The van der Waals surface area contributed by atoms with E-state index in [2.05, 4.69) is 40.4 Å². The lowest BCUT2D eigenvalue weighted by atomic mass is 10.1. The van der Waals surface area contributed by atoms with E-state index in [1.54, 1.807) is 6.08 Å².